The van der Waals surface area contributed by atoms with Crippen molar-refractivity contribution in [2.24, 2.45) is 0 Å². The zero-order chi connectivity index (χ0) is 12.8. The van der Waals surface area contributed by atoms with Crippen molar-refractivity contribution >= 4 is 18.1 Å². The van der Waals surface area contributed by atoms with Crippen LogP contribution in [0.15, 0.2) is 54.6 Å². The highest BCUT2D eigenvalue weighted by atomic mass is 16.5. The third-order valence-electron chi connectivity index (χ3n) is 2.60. The van der Waals surface area contributed by atoms with E-state index in [-0.39, 0.29) is 5.97 Å². The van der Waals surface area contributed by atoms with E-state index in [1.165, 1.54) is 7.11 Å². The molecule has 0 aliphatic carbocycles. The van der Waals surface area contributed by atoms with Crippen molar-refractivity contribution in [1.82, 2.24) is 0 Å². The number of hydrogen-bond donors (Lipinski definition) is 0. The van der Waals surface area contributed by atoms with Gasteiger partial charge in [-0.15, -0.1) is 0 Å². The molecule has 90 valence electrons. The van der Waals surface area contributed by atoms with Crippen LogP contribution in [0.3, 0.4) is 0 Å². The average Bonchev–Trinajstić information content (AvgIpc) is 2.46. The Morgan fingerprint density at radius 2 is 1.44 bits per heavy atom. The molecule has 0 N–H and O–H groups in total. The van der Waals surface area contributed by atoms with Gasteiger partial charge in [0.05, 0.1) is 12.7 Å². The van der Waals surface area contributed by atoms with E-state index in [1.54, 1.807) is 12.1 Å². The minimum absolute atomic E-state index is 0.311. The molecule has 0 bridgehead atoms. The summed E-state index contributed by atoms with van der Waals surface area (Å²) in [5, 5.41) is 0. The van der Waals surface area contributed by atoms with Crippen molar-refractivity contribution in [2.45, 2.75) is 0 Å². The van der Waals surface area contributed by atoms with Crippen LogP contribution in [0.25, 0.3) is 12.2 Å². The molecule has 0 heterocycles. The van der Waals surface area contributed by atoms with Crippen LogP contribution in [0.4, 0.5) is 0 Å². The summed E-state index contributed by atoms with van der Waals surface area (Å²) < 4.78 is 4.65. The SMILES string of the molecule is COC(=O)c1ccc(/C=C/c2ccccc2)cc1. The molecule has 0 spiro atoms. The van der Waals surface area contributed by atoms with E-state index in [2.05, 4.69) is 4.74 Å². The first kappa shape index (κ1) is 12.1. The summed E-state index contributed by atoms with van der Waals surface area (Å²) in [7, 11) is 1.38. The molecule has 2 heteroatoms. The topological polar surface area (TPSA) is 26.3 Å². The number of carbonyl (C=O) groups excluding carboxylic acids is 1. The highest BCUT2D eigenvalue weighted by Crippen LogP contribution is 2.10. The van der Waals surface area contributed by atoms with E-state index in [4.69, 9.17) is 0 Å². The lowest BCUT2D eigenvalue weighted by atomic mass is 10.1. The van der Waals surface area contributed by atoms with Crippen LogP contribution in [-0.2, 0) is 4.74 Å². The number of esters is 1. The van der Waals surface area contributed by atoms with Gasteiger partial charge in [-0.1, -0.05) is 54.6 Å². The van der Waals surface area contributed by atoms with E-state index >= 15 is 0 Å². The molecule has 0 aliphatic heterocycles. The van der Waals surface area contributed by atoms with Crippen LogP contribution in [0, 0.1) is 0 Å². The predicted molar refractivity (Wildman–Crippen MR) is 73.2 cm³/mol. The summed E-state index contributed by atoms with van der Waals surface area (Å²) in [6, 6.07) is 17.4. The molecule has 0 unspecified atom stereocenters. The predicted octanol–water partition coefficient (Wildman–Crippen LogP) is 3.64. The molecule has 0 fully saturated rings. The summed E-state index contributed by atoms with van der Waals surface area (Å²) in [4.78, 5) is 11.3. The van der Waals surface area contributed by atoms with Gasteiger partial charge in [0, 0.05) is 0 Å². The molecule has 0 saturated heterocycles. The zero-order valence-corrected chi connectivity index (χ0v) is 10.2. The van der Waals surface area contributed by atoms with Crippen molar-refractivity contribution in [2.75, 3.05) is 7.11 Å². The summed E-state index contributed by atoms with van der Waals surface area (Å²) in [6.45, 7) is 0. The summed E-state index contributed by atoms with van der Waals surface area (Å²) in [5.41, 5.74) is 2.76. The molecule has 2 aromatic rings. The maximum atomic E-state index is 11.3. The Hall–Kier alpha value is -2.35. The molecule has 2 aromatic carbocycles. The molecule has 2 rings (SSSR count). The summed E-state index contributed by atoms with van der Waals surface area (Å²) >= 11 is 0. The number of methoxy groups -OCH3 is 1. The van der Waals surface area contributed by atoms with Gasteiger partial charge in [0.15, 0.2) is 0 Å². The third-order valence-corrected chi connectivity index (χ3v) is 2.60. The molecule has 18 heavy (non-hydrogen) atoms. The summed E-state index contributed by atoms with van der Waals surface area (Å²) in [5.74, 6) is -0.311. The van der Waals surface area contributed by atoms with Crippen LogP contribution < -0.4 is 0 Å². The lowest BCUT2D eigenvalue weighted by Crippen LogP contribution is -2.00. The maximum Gasteiger partial charge on any atom is 0.337 e. The van der Waals surface area contributed by atoms with Gasteiger partial charge in [-0.2, -0.15) is 0 Å². The minimum atomic E-state index is -0.311. The standard InChI is InChI=1S/C16H14O2/c1-18-16(17)15-11-9-14(10-12-15)8-7-13-5-3-2-4-6-13/h2-12H,1H3/b8-7+. The Balaban J connectivity index is 2.11. The number of ether oxygens (including phenoxy) is 1. The number of carbonyl (C=O) groups is 1. The van der Waals surface area contributed by atoms with Crippen molar-refractivity contribution < 1.29 is 9.53 Å². The Morgan fingerprint density at radius 1 is 0.889 bits per heavy atom. The second kappa shape index (κ2) is 5.82. The molecular formula is C16H14O2. The Kier molecular flexibility index (Phi) is 3.92. The third kappa shape index (κ3) is 3.08. The first-order chi connectivity index (χ1) is 8.79. The Morgan fingerprint density at radius 3 is 2.00 bits per heavy atom. The van der Waals surface area contributed by atoms with Crippen molar-refractivity contribution in [3.63, 3.8) is 0 Å². The van der Waals surface area contributed by atoms with E-state index < -0.39 is 0 Å². The summed E-state index contributed by atoms with van der Waals surface area (Å²) in [6.07, 6.45) is 4.05. The van der Waals surface area contributed by atoms with Crippen LogP contribution in [0.1, 0.15) is 21.5 Å². The molecule has 0 atom stereocenters. The Labute approximate surface area is 107 Å². The van der Waals surface area contributed by atoms with Gasteiger partial charge in [0.2, 0.25) is 0 Å². The minimum Gasteiger partial charge on any atom is -0.465 e. The van der Waals surface area contributed by atoms with Crippen molar-refractivity contribution in [3.05, 3.63) is 71.3 Å². The van der Waals surface area contributed by atoms with Gasteiger partial charge in [-0.25, -0.2) is 4.79 Å². The normalized spacial score (nSPS) is 10.5. The number of rotatable bonds is 3. The smallest absolute Gasteiger partial charge is 0.337 e. The van der Waals surface area contributed by atoms with Crippen LogP contribution in [-0.4, -0.2) is 13.1 Å². The van der Waals surface area contributed by atoms with Gasteiger partial charge in [0.25, 0.3) is 0 Å². The molecule has 0 aromatic heterocycles. The lowest BCUT2D eigenvalue weighted by molar-refractivity contribution is 0.0601. The molecule has 0 radical (unpaired) electrons. The highest BCUT2D eigenvalue weighted by Gasteiger charge is 2.02. The number of benzene rings is 2. The van der Waals surface area contributed by atoms with Crippen LogP contribution in [0.5, 0.6) is 0 Å². The van der Waals surface area contributed by atoms with Gasteiger partial charge in [-0.3, -0.25) is 0 Å². The van der Waals surface area contributed by atoms with Crippen molar-refractivity contribution in [3.8, 4) is 0 Å². The largest absolute Gasteiger partial charge is 0.465 e. The number of hydrogen-bond acceptors (Lipinski definition) is 2. The van der Waals surface area contributed by atoms with E-state index in [1.807, 2.05) is 54.6 Å². The maximum absolute atomic E-state index is 11.3. The van der Waals surface area contributed by atoms with Gasteiger partial charge in [0.1, 0.15) is 0 Å². The lowest BCUT2D eigenvalue weighted by Gasteiger charge is -1.99. The molecule has 2 nitrogen and oxygen atoms in total. The second-order valence-corrected chi connectivity index (χ2v) is 3.86. The molecule has 0 aliphatic rings. The molecule has 0 saturated carbocycles. The first-order valence-electron chi connectivity index (χ1n) is 5.71. The fourth-order valence-electron chi connectivity index (χ4n) is 1.60. The Bertz CT molecular complexity index is 539. The fraction of sp³-hybridized carbons (Fsp3) is 0.0625. The first-order valence-corrected chi connectivity index (χ1v) is 5.71. The monoisotopic (exact) mass is 238 g/mol. The molecular weight excluding hydrogens is 224 g/mol. The second-order valence-electron chi connectivity index (χ2n) is 3.86. The quantitative estimate of drug-likeness (QED) is 0.602. The van der Waals surface area contributed by atoms with Gasteiger partial charge < -0.3 is 4.74 Å². The fourth-order valence-corrected chi connectivity index (χ4v) is 1.60. The average molecular weight is 238 g/mol. The van der Waals surface area contributed by atoms with E-state index in [0.29, 0.717) is 5.56 Å². The van der Waals surface area contributed by atoms with Crippen LogP contribution in [0.2, 0.25) is 0 Å². The van der Waals surface area contributed by atoms with Crippen LogP contribution >= 0.6 is 0 Å². The molecule has 0 amide bonds. The van der Waals surface area contributed by atoms with E-state index in [9.17, 15) is 4.79 Å². The van der Waals surface area contributed by atoms with E-state index in [0.717, 1.165) is 11.1 Å². The van der Waals surface area contributed by atoms with Gasteiger partial charge >= 0.3 is 5.97 Å². The zero-order valence-electron chi connectivity index (χ0n) is 10.2. The van der Waals surface area contributed by atoms with Crippen molar-refractivity contribution in [1.29, 1.82) is 0 Å². The van der Waals surface area contributed by atoms with Gasteiger partial charge in [-0.05, 0) is 23.3 Å². The highest BCUT2D eigenvalue weighted by molar-refractivity contribution is 5.89.